The number of nitrogens with one attached hydrogen (secondary N) is 2. The number of rotatable bonds is 3. The minimum Gasteiger partial charge on any atom is -0.453 e. The molecule has 27 heavy (non-hydrogen) atoms. The Morgan fingerprint density at radius 2 is 1.93 bits per heavy atom. The van der Waals surface area contributed by atoms with Gasteiger partial charge in [-0.15, -0.1) is 0 Å². The third-order valence-corrected chi connectivity index (χ3v) is 4.83. The molecular formula is C20H20N4O3. The number of carbonyl (C=O) groups is 2. The summed E-state index contributed by atoms with van der Waals surface area (Å²) in [6, 6.07) is 14.9. The van der Waals surface area contributed by atoms with E-state index in [1.54, 1.807) is 0 Å². The van der Waals surface area contributed by atoms with Crippen LogP contribution < -0.4 is 5.32 Å². The molecule has 0 fully saturated rings. The molecule has 3 aromatic rings. The molecule has 0 saturated carbocycles. The Bertz CT molecular complexity index is 965. The molecule has 1 aromatic heterocycles. The number of ether oxygens (including phenoxy) is 1. The maximum atomic E-state index is 12.8. The van der Waals surface area contributed by atoms with Crippen LogP contribution in [0.1, 0.15) is 17.0 Å². The monoisotopic (exact) mass is 364 g/mol. The van der Waals surface area contributed by atoms with Gasteiger partial charge < -0.3 is 15.0 Å². The van der Waals surface area contributed by atoms with E-state index in [0.717, 1.165) is 22.2 Å². The van der Waals surface area contributed by atoms with Gasteiger partial charge in [-0.3, -0.25) is 9.69 Å². The molecule has 1 aliphatic heterocycles. The van der Waals surface area contributed by atoms with Crippen molar-refractivity contribution in [3.63, 3.8) is 0 Å². The zero-order chi connectivity index (χ0) is 18.8. The summed E-state index contributed by atoms with van der Waals surface area (Å²) in [6.45, 7) is 0.617. The molecule has 4 rings (SSSR count). The van der Waals surface area contributed by atoms with Gasteiger partial charge >= 0.3 is 6.09 Å². The molecule has 7 heteroatoms. The van der Waals surface area contributed by atoms with Crippen LogP contribution in [-0.2, 0) is 29.0 Å². The molecule has 2 heterocycles. The summed E-state index contributed by atoms with van der Waals surface area (Å²) < 4.78 is 4.88. The first-order valence-electron chi connectivity index (χ1n) is 8.78. The Balaban J connectivity index is 1.51. The number of methoxy groups -OCH3 is 1. The Hall–Kier alpha value is -3.35. The lowest BCUT2D eigenvalue weighted by Crippen LogP contribution is -2.52. The molecule has 1 aliphatic rings. The van der Waals surface area contributed by atoms with Crippen molar-refractivity contribution in [3.8, 4) is 0 Å². The lowest BCUT2D eigenvalue weighted by Gasteiger charge is -2.34. The number of imidazole rings is 1. The Morgan fingerprint density at radius 1 is 1.19 bits per heavy atom. The van der Waals surface area contributed by atoms with Gasteiger partial charge in [0.2, 0.25) is 5.91 Å². The smallest absolute Gasteiger partial charge is 0.410 e. The Morgan fingerprint density at radius 3 is 2.70 bits per heavy atom. The summed E-state index contributed by atoms with van der Waals surface area (Å²) in [5.41, 5.74) is 3.87. The van der Waals surface area contributed by atoms with Gasteiger partial charge in [0.05, 0.1) is 31.2 Å². The predicted molar refractivity (Wildman–Crippen MR) is 99.8 cm³/mol. The summed E-state index contributed by atoms with van der Waals surface area (Å²) in [4.78, 5) is 34.1. The summed E-state index contributed by atoms with van der Waals surface area (Å²) in [6.07, 6.45) is -0.0505. The first-order chi connectivity index (χ1) is 13.2. The highest BCUT2D eigenvalue weighted by atomic mass is 16.5. The molecule has 1 atom stereocenters. The molecule has 0 spiro atoms. The SMILES string of the molecule is COC(=O)N1Cc2ccccc2CC1C(=O)NCc1nc2ccccc2[nH]1. The molecule has 2 amide bonds. The van der Waals surface area contributed by atoms with Crippen molar-refractivity contribution >= 4 is 23.0 Å². The van der Waals surface area contributed by atoms with Gasteiger partial charge in [-0.05, 0) is 23.3 Å². The van der Waals surface area contributed by atoms with Crippen molar-refractivity contribution in [2.24, 2.45) is 0 Å². The average molecular weight is 364 g/mol. The minimum absolute atomic E-state index is 0.227. The molecule has 0 radical (unpaired) electrons. The fourth-order valence-corrected chi connectivity index (χ4v) is 3.44. The van der Waals surface area contributed by atoms with Crippen molar-refractivity contribution in [2.75, 3.05) is 7.11 Å². The second-order valence-electron chi connectivity index (χ2n) is 6.51. The third-order valence-electron chi connectivity index (χ3n) is 4.83. The van der Waals surface area contributed by atoms with Crippen molar-refractivity contribution in [2.45, 2.75) is 25.6 Å². The zero-order valence-electron chi connectivity index (χ0n) is 14.9. The fraction of sp³-hybridized carbons (Fsp3) is 0.250. The van der Waals surface area contributed by atoms with Crippen LogP contribution in [0.3, 0.4) is 0 Å². The molecule has 0 saturated heterocycles. The summed E-state index contributed by atoms with van der Waals surface area (Å²) in [5, 5.41) is 2.89. The quantitative estimate of drug-likeness (QED) is 0.747. The number of fused-ring (bicyclic) bond motifs is 2. The molecule has 2 aromatic carbocycles. The standard InChI is InChI=1S/C20H20N4O3/c1-27-20(26)24-12-14-7-3-2-6-13(14)10-17(24)19(25)21-11-18-22-15-8-4-5-9-16(15)23-18/h2-9,17H,10-12H2,1H3,(H,21,25)(H,22,23). The summed E-state index contributed by atoms with van der Waals surface area (Å²) in [5.74, 6) is 0.445. The van der Waals surface area contributed by atoms with E-state index in [2.05, 4.69) is 15.3 Å². The number of aromatic amines is 1. The van der Waals surface area contributed by atoms with Crippen LogP contribution in [0, 0.1) is 0 Å². The van der Waals surface area contributed by atoms with Gasteiger partial charge in [-0.1, -0.05) is 36.4 Å². The van der Waals surface area contributed by atoms with Crippen LogP contribution in [0.25, 0.3) is 11.0 Å². The average Bonchev–Trinajstić information content (AvgIpc) is 3.13. The molecule has 0 aliphatic carbocycles. The topological polar surface area (TPSA) is 87.3 Å². The lowest BCUT2D eigenvalue weighted by molar-refractivity contribution is -0.126. The summed E-state index contributed by atoms with van der Waals surface area (Å²) >= 11 is 0. The van der Waals surface area contributed by atoms with Crippen molar-refractivity contribution < 1.29 is 14.3 Å². The van der Waals surface area contributed by atoms with Crippen molar-refractivity contribution in [1.82, 2.24) is 20.2 Å². The van der Waals surface area contributed by atoms with E-state index in [1.165, 1.54) is 12.0 Å². The van der Waals surface area contributed by atoms with Crippen LogP contribution in [0.4, 0.5) is 4.79 Å². The molecule has 1 unspecified atom stereocenters. The Labute approximate surface area is 156 Å². The van der Waals surface area contributed by atoms with Gasteiger partial charge in [-0.25, -0.2) is 9.78 Å². The normalized spacial score (nSPS) is 16.0. The number of hydrogen-bond acceptors (Lipinski definition) is 4. The Kier molecular flexibility index (Phi) is 4.50. The molecule has 138 valence electrons. The highest BCUT2D eigenvalue weighted by molar-refractivity contribution is 5.86. The lowest BCUT2D eigenvalue weighted by atomic mass is 9.94. The maximum absolute atomic E-state index is 12.8. The number of H-pyrrole nitrogens is 1. The van der Waals surface area contributed by atoms with Crippen molar-refractivity contribution in [3.05, 3.63) is 65.5 Å². The van der Waals surface area contributed by atoms with E-state index in [-0.39, 0.29) is 12.5 Å². The fourth-order valence-electron chi connectivity index (χ4n) is 3.44. The van der Waals surface area contributed by atoms with Gasteiger partial charge in [-0.2, -0.15) is 0 Å². The largest absolute Gasteiger partial charge is 0.453 e. The zero-order valence-corrected chi connectivity index (χ0v) is 14.9. The second kappa shape index (κ2) is 7.11. The summed E-state index contributed by atoms with van der Waals surface area (Å²) in [7, 11) is 1.33. The number of hydrogen-bond donors (Lipinski definition) is 2. The molecular weight excluding hydrogens is 344 g/mol. The first kappa shape index (κ1) is 17.1. The molecule has 2 N–H and O–H groups in total. The van der Waals surface area contributed by atoms with E-state index >= 15 is 0 Å². The molecule has 7 nitrogen and oxygen atoms in total. The third kappa shape index (κ3) is 3.36. The van der Waals surface area contributed by atoms with Gasteiger partial charge in [0.1, 0.15) is 11.9 Å². The van der Waals surface area contributed by atoms with E-state index < -0.39 is 12.1 Å². The van der Waals surface area contributed by atoms with E-state index in [1.807, 2.05) is 48.5 Å². The van der Waals surface area contributed by atoms with Crippen LogP contribution in [0.5, 0.6) is 0 Å². The van der Waals surface area contributed by atoms with Crippen LogP contribution in [0.15, 0.2) is 48.5 Å². The number of para-hydroxylation sites is 2. The van der Waals surface area contributed by atoms with Crippen LogP contribution in [0.2, 0.25) is 0 Å². The second-order valence-corrected chi connectivity index (χ2v) is 6.51. The van der Waals surface area contributed by atoms with E-state index in [9.17, 15) is 9.59 Å². The number of carbonyl (C=O) groups excluding carboxylic acids is 2. The van der Waals surface area contributed by atoms with Crippen molar-refractivity contribution in [1.29, 1.82) is 0 Å². The van der Waals surface area contributed by atoms with E-state index in [0.29, 0.717) is 18.8 Å². The maximum Gasteiger partial charge on any atom is 0.410 e. The van der Waals surface area contributed by atoms with Gasteiger partial charge in [0.15, 0.2) is 0 Å². The highest BCUT2D eigenvalue weighted by Crippen LogP contribution is 2.24. The number of amides is 2. The molecule has 0 bridgehead atoms. The predicted octanol–water partition coefficient (Wildman–Crippen LogP) is 2.37. The minimum atomic E-state index is -0.614. The van der Waals surface area contributed by atoms with Gasteiger partial charge in [0, 0.05) is 6.42 Å². The number of aromatic nitrogens is 2. The first-order valence-corrected chi connectivity index (χ1v) is 8.78. The van der Waals surface area contributed by atoms with Crippen LogP contribution >= 0.6 is 0 Å². The highest BCUT2D eigenvalue weighted by Gasteiger charge is 2.35. The van der Waals surface area contributed by atoms with Gasteiger partial charge in [0.25, 0.3) is 0 Å². The number of nitrogens with zero attached hydrogens (tertiary/aromatic N) is 2. The van der Waals surface area contributed by atoms with Crippen LogP contribution in [-0.4, -0.2) is 40.0 Å². The van der Waals surface area contributed by atoms with E-state index in [4.69, 9.17) is 4.74 Å². The number of benzene rings is 2.